The Hall–Kier alpha value is -1.80. The normalized spacial score (nSPS) is 12.5. The van der Waals surface area contributed by atoms with E-state index in [1.165, 1.54) is 7.05 Å². The number of allylic oxidation sites excluding steroid dienone is 2. The standard InChI is InChI=1S/C18H22BrNO5S/c1-6-11(7-2)17-16(18(21)24-8-3)12-9-13(19)14(10-15(12)25-17)20(4)26(5,22)23/h6,9-10H,7-8H2,1-5H3/b11-6+. The molecule has 0 aliphatic carbocycles. The van der Waals surface area contributed by atoms with Gasteiger partial charge in [0.15, 0.2) is 0 Å². The number of carbonyl (C=O) groups is 1. The van der Waals surface area contributed by atoms with E-state index in [1.54, 1.807) is 19.1 Å². The Labute approximate surface area is 162 Å². The van der Waals surface area contributed by atoms with Gasteiger partial charge < -0.3 is 9.15 Å². The molecule has 0 aliphatic rings. The van der Waals surface area contributed by atoms with E-state index < -0.39 is 16.0 Å². The molecule has 0 saturated heterocycles. The molecular formula is C18H22BrNO5S. The van der Waals surface area contributed by atoms with Crippen LogP contribution in [0.2, 0.25) is 0 Å². The summed E-state index contributed by atoms with van der Waals surface area (Å²) in [5.41, 5.74) is 2.07. The van der Waals surface area contributed by atoms with Crippen molar-refractivity contribution in [2.45, 2.75) is 27.2 Å². The SMILES string of the molecule is C/C=C(\CC)c1oc2cc(N(C)S(C)(=O)=O)c(Br)cc2c1C(=O)OCC. The molecule has 0 atom stereocenters. The van der Waals surface area contributed by atoms with Gasteiger partial charge in [-0.2, -0.15) is 0 Å². The molecule has 0 radical (unpaired) electrons. The van der Waals surface area contributed by atoms with Gasteiger partial charge in [-0.1, -0.05) is 13.0 Å². The average Bonchev–Trinajstić information content (AvgIpc) is 2.92. The van der Waals surface area contributed by atoms with E-state index >= 15 is 0 Å². The maximum Gasteiger partial charge on any atom is 0.342 e. The molecule has 0 N–H and O–H groups in total. The molecule has 0 aliphatic heterocycles. The number of halogens is 1. The maximum absolute atomic E-state index is 12.5. The molecule has 8 heteroatoms. The summed E-state index contributed by atoms with van der Waals surface area (Å²) in [6, 6.07) is 3.30. The number of furan rings is 1. The summed E-state index contributed by atoms with van der Waals surface area (Å²) in [6.45, 7) is 5.83. The van der Waals surface area contributed by atoms with Gasteiger partial charge in [0.05, 0.1) is 18.6 Å². The van der Waals surface area contributed by atoms with Crippen molar-refractivity contribution < 1.29 is 22.4 Å². The number of hydrogen-bond acceptors (Lipinski definition) is 5. The molecule has 0 amide bonds. The highest BCUT2D eigenvalue weighted by atomic mass is 79.9. The number of ether oxygens (including phenoxy) is 1. The second-order valence-corrected chi connectivity index (χ2v) is 8.59. The van der Waals surface area contributed by atoms with E-state index in [2.05, 4.69) is 15.9 Å². The number of rotatable bonds is 6. The highest BCUT2D eigenvalue weighted by molar-refractivity contribution is 9.10. The summed E-state index contributed by atoms with van der Waals surface area (Å²) in [5.74, 6) is -0.0142. The first-order valence-corrected chi connectivity index (χ1v) is 10.8. The van der Waals surface area contributed by atoms with Crippen molar-refractivity contribution in [3.63, 3.8) is 0 Å². The fourth-order valence-electron chi connectivity index (χ4n) is 2.65. The second kappa shape index (κ2) is 7.84. The number of carbonyl (C=O) groups excluding carboxylic acids is 1. The fraction of sp³-hybridized carbons (Fsp3) is 0.389. The van der Waals surface area contributed by atoms with Crippen molar-refractivity contribution in [2.75, 3.05) is 24.2 Å². The number of hydrogen-bond donors (Lipinski definition) is 0. The van der Waals surface area contributed by atoms with Crippen molar-refractivity contribution in [1.29, 1.82) is 0 Å². The van der Waals surface area contributed by atoms with Crippen LogP contribution < -0.4 is 4.31 Å². The quantitative estimate of drug-likeness (QED) is 0.610. The largest absolute Gasteiger partial charge is 0.462 e. The minimum absolute atomic E-state index is 0.248. The minimum Gasteiger partial charge on any atom is -0.462 e. The smallest absolute Gasteiger partial charge is 0.342 e. The van der Waals surface area contributed by atoms with E-state index in [-0.39, 0.29) is 6.61 Å². The molecule has 1 heterocycles. The number of esters is 1. The molecule has 26 heavy (non-hydrogen) atoms. The first-order chi connectivity index (χ1) is 12.1. The van der Waals surface area contributed by atoms with Crippen molar-refractivity contribution in [2.24, 2.45) is 0 Å². The number of sulfonamides is 1. The molecular weight excluding hydrogens is 422 g/mol. The zero-order valence-corrected chi connectivity index (χ0v) is 17.8. The van der Waals surface area contributed by atoms with Crippen LogP contribution in [0.15, 0.2) is 27.1 Å². The number of anilines is 1. The summed E-state index contributed by atoms with van der Waals surface area (Å²) in [4.78, 5) is 12.5. The lowest BCUT2D eigenvalue weighted by Crippen LogP contribution is -2.25. The first-order valence-electron chi connectivity index (χ1n) is 8.18. The van der Waals surface area contributed by atoms with E-state index in [9.17, 15) is 13.2 Å². The van der Waals surface area contributed by atoms with Crippen LogP contribution in [0.3, 0.4) is 0 Å². The topological polar surface area (TPSA) is 76.8 Å². The fourth-order valence-corrected chi connectivity index (χ4v) is 3.89. The summed E-state index contributed by atoms with van der Waals surface area (Å²) >= 11 is 3.40. The van der Waals surface area contributed by atoms with Crippen LogP contribution >= 0.6 is 15.9 Å². The predicted octanol–water partition coefficient (Wildman–Crippen LogP) is 4.58. The third-order valence-corrected chi connectivity index (χ3v) is 5.92. The summed E-state index contributed by atoms with van der Waals surface area (Å²) < 4.78 is 36.6. The van der Waals surface area contributed by atoms with Crippen molar-refractivity contribution in [1.82, 2.24) is 0 Å². The first kappa shape index (κ1) is 20.5. The van der Waals surface area contributed by atoms with Crippen LogP contribution in [0, 0.1) is 0 Å². The summed E-state index contributed by atoms with van der Waals surface area (Å²) in [5, 5.41) is 0.573. The molecule has 142 valence electrons. The number of fused-ring (bicyclic) bond motifs is 1. The van der Waals surface area contributed by atoms with Crippen LogP contribution in [-0.2, 0) is 14.8 Å². The molecule has 1 aromatic heterocycles. The van der Waals surface area contributed by atoms with Crippen molar-refractivity contribution >= 4 is 54.2 Å². The minimum atomic E-state index is -3.44. The Balaban J connectivity index is 2.81. The second-order valence-electron chi connectivity index (χ2n) is 5.72. The Morgan fingerprint density at radius 2 is 2.00 bits per heavy atom. The predicted molar refractivity (Wildman–Crippen MR) is 107 cm³/mol. The van der Waals surface area contributed by atoms with Crippen LogP contribution in [0.5, 0.6) is 0 Å². The lowest BCUT2D eigenvalue weighted by Gasteiger charge is -2.18. The van der Waals surface area contributed by atoms with Gasteiger partial charge >= 0.3 is 5.97 Å². The molecule has 1 aromatic carbocycles. The Bertz CT molecular complexity index is 975. The van der Waals surface area contributed by atoms with Gasteiger partial charge in [-0.05, 0) is 47.8 Å². The molecule has 0 saturated carbocycles. The molecule has 0 spiro atoms. The highest BCUT2D eigenvalue weighted by Gasteiger charge is 2.26. The summed E-state index contributed by atoms with van der Waals surface area (Å²) in [7, 11) is -1.98. The van der Waals surface area contributed by atoms with E-state index in [0.717, 1.165) is 16.1 Å². The Morgan fingerprint density at radius 1 is 1.35 bits per heavy atom. The Morgan fingerprint density at radius 3 is 2.50 bits per heavy atom. The van der Waals surface area contributed by atoms with Crippen LogP contribution in [-0.4, -0.2) is 34.3 Å². The maximum atomic E-state index is 12.5. The number of benzene rings is 1. The molecule has 6 nitrogen and oxygen atoms in total. The monoisotopic (exact) mass is 443 g/mol. The van der Waals surface area contributed by atoms with E-state index in [4.69, 9.17) is 9.15 Å². The molecule has 2 aromatic rings. The van der Waals surface area contributed by atoms with Gasteiger partial charge in [0.1, 0.15) is 16.9 Å². The molecule has 0 unspecified atom stereocenters. The third-order valence-electron chi connectivity index (χ3n) is 4.09. The van der Waals surface area contributed by atoms with Gasteiger partial charge in [0.25, 0.3) is 0 Å². The van der Waals surface area contributed by atoms with E-state index in [0.29, 0.717) is 38.9 Å². The highest BCUT2D eigenvalue weighted by Crippen LogP contribution is 2.38. The summed E-state index contributed by atoms with van der Waals surface area (Å²) in [6.07, 6.45) is 3.69. The number of nitrogens with zero attached hydrogens (tertiary/aromatic N) is 1. The van der Waals surface area contributed by atoms with Gasteiger partial charge in [0, 0.05) is 23.0 Å². The lowest BCUT2D eigenvalue weighted by molar-refractivity contribution is 0.0527. The van der Waals surface area contributed by atoms with Crippen molar-refractivity contribution in [3.05, 3.63) is 34.0 Å². The molecule has 2 rings (SSSR count). The van der Waals surface area contributed by atoms with Gasteiger partial charge in [-0.25, -0.2) is 13.2 Å². The van der Waals surface area contributed by atoms with Crippen LogP contribution in [0.4, 0.5) is 5.69 Å². The molecule has 0 bridgehead atoms. The zero-order chi connectivity index (χ0) is 19.6. The van der Waals surface area contributed by atoms with Crippen LogP contribution in [0.1, 0.15) is 43.3 Å². The Kier molecular flexibility index (Phi) is 6.18. The molecule has 0 fully saturated rings. The van der Waals surface area contributed by atoms with Gasteiger partial charge in [-0.15, -0.1) is 0 Å². The third kappa shape index (κ3) is 3.81. The van der Waals surface area contributed by atoms with Crippen LogP contribution in [0.25, 0.3) is 16.5 Å². The van der Waals surface area contributed by atoms with Gasteiger partial charge in [-0.3, -0.25) is 4.31 Å². The zero-order valence-electron chi connectivity index (χ0n) is 15.4. The van der Waals surface area contributed by atoms with Crippen molar-refractivity contribution in [3.8, 4) is 0 Å². The van der Waals surface area contributed by atoms with E-state index in [1.807, 2.05) is 19.9 Å². The lowest BCUT2D eigenvalue weighted by atomic mass is 10.0. The van der Waals surface area contributed by atoms with Gasteiger partial charge in [0.2, 0.25) is 10.0 Å². The average molecular weight is 444 g/mol.